The van der Waals surface area contributed by atoms with Gasteiger partial charge in [-0.2, -0.15) is 0 Å². The Kier molecular flexibility index (Phi) is 19.2. The first-order valence-corrected chi connectivity index (χ1v) is 21.4. The number of phenols is 1. The summed E-state index contributed by atoms with van der Waals surface area (Å²) < 4.78 is 45.4. The van der Waals surface area contributed by atoms with Crippen molar-refractivity contribution in [1.82, 2.24) is 4.98 Å². The lowest BCUT2D eigenvalue weighted by atomic mass is 9.78. The van der Waals surface area contributed by atoms with Gasteiger partial charge in [-0.1, -0.05) is 113 Å². The third-order valence-electron chi connectivity index (χ3n) is 8.78. The summed E-state index contributed by atoms with van der Waals surface area (Å²) in [6.07, 6.45) is 2.89. The fourth-order valence-corrected chi connectivity index (χ4v) is 7.61. The Morgan fingerprint density at radius 1 is 0.667 bits per heavy atom. The van der Waals surface area contributed by atoms with Crippen LogP contribution in [0.15, 0.2) is 88.6 Å². The largest absolute Gasteiger partial charge is 0.508 e. The summed E-state index contributed by atoms with van der Waals surface area (Å²) in [5.74, 6) is 2.71. The number of hydrogen-bond acceptors (Lipinski definition) is 8. The molecule has 8 nitrogen and oxygen atoms in total. The predicted octanol–water partition coefficient (Wildman–Crippen LogP) is 13.2. The number of nitrogens with zero attached hydrogens (tertiary/aromatic N) is 1. The average Bonchev–Trinajstić information content (AvgIpc) is 3.62. The lowest BCUT2D eigenvalue weighted by Crippen LogP contribution is -2.19. The number of benzene rings is 4. The van der Waals surface area contributed by atoms with E-state index in [-0.39, 0.29) is 43.4 Å². The maximum atomic E-state index is 11.7. The van der Waals surface area contributed by atoms with E-state index in [9.17, 15) is 13.5 Å². The molecule has 0 amide bonds. The number of alkyl halides is 2. The highest BCUT2D eigenvalue weighted by Crippen LogP contribution is 2.42. The Morgan fingerprint density at radius 3 is 1.53 bits per heavy atom. The van der Waals surface area contributed by atoms with Gasteiger partial charge in [-0.05, 0) is 77.2 Å². The standard InChI is InChI=1S/C22H22Cl3NO5S.C18H19Cl3O2.2CH4/c1-22(2,15-10-17(24)20(18(25)11-15)29-9-8-23)14-4-6-16(7-5-14)30-12-19-21(26-13-31-19)32(3,27)28;1-18(2,12-4-6-14(22)7-5-12)13-10-15(20)17(16(21)11-13)23-9-3-8-19;;/h4-7,10-11,13H,8-9,12H2,1-3H3;4-7,10-11,22H,3,8-9H2,1-2H3;2*1H4. The molecule has 1 N–H and O–H groups in total. The van der Waals surface area contributed by atoms with E-state index in [1.807, 2.05) is 48.5 Å². The molecule has 57 heavy (non-hydrogen) atoms. The van der Waals surface area contributed by atoms with Gasteiger partial charge in [0, 0.05) is 23.0 Å². The van der Waals surface area contributed by atoms with Gasteiger partial charge < -0.3 is 23.7 Å². The van der Waals surface area contributed by atoms with Crippen LogP contribution in [0.25, 0.3) is 0 Å². The van der Waals surface area contributed by atoms with Crippen molar-refractivity contribution in [3.63, 3.8) is 0 Å². The van der Waals surface area contributed by atoms with Crippen molar-refractivity contribution in [2.45, 2.75) is 71.4 Å². The molecule has 5 rings (SSSR count). The zero-order valence-corrected chi connectivity index (χ0v) is 36.1. The molecule has 0 aliphatic heterocycles. The van der Waals surface area contributed by atoms with Crippen molar-refractivity contribution < 1.29 is 32.2 Å². The van der Waals surface area contributed by atoms with Gasteiger partial charge in [0.1, 0.15) is 24.7 Å². The molecular formula is C42H49Cl6NO7S. The number of phenolic OH excluding ortho intramolecular Hbond substituents is 1. The van der Waals surface area contributed by atoms with Crippen LogP contribution in [0.3, 0.4) is 0 Å². The zero-order valence-electron chi connectivity index (χ0n) is 30.8. The van der Waals surface area contributed by atoms with Crippen LogP contribution < -0.4 is 14.2 Å². The van der Waals surface area contributed by atoms with Crippen LogP contribution in [0.1, 0.15) is 77.0 Å². The number of ether oxygens (including phenoxy) is 3. The molecule has 0 atom stereocenters. The lowest BCUT2D eigenvalue weighted by molar-refractivity contribution is 0.265. The van der Waals surface area contributed by atoms with E-state index in [0.29, 0.717) is 62.3 Å². The number of halogens is 6. The molecule has 1 heterocycles. The smallest absolute Gasteiger partial charge is 0.200 e. The first-order chi connectivity index (χ1) is 25.9. The normalized spacial score (nSPS) is 11.4. The molecule has 5 aromatic rings. The SMILES string of the molecule is C.C.CC(C)(c1ccc(O)cc1)c1cc(Cl)c(OCCCCl)c(Cl)c1.CC(C)(c1ccc(OCc2ocnc2S(C)(=O)=O)cc1)c1cc(Cl)c(OCCCl)c(Cl)c1. The Balaban J connectivity index is 0.000000399. The Morgan fingerprint density at radius 2 is 1.11 bits per heavy atom. The topological polar surface area (TPSA) is 108 Å². The highest BCUT2D eigenvalue weighted by Gasteiger charge is 2.27. The van der Waals surface area contributed by atoms with Crippen LogP contribution in [-0.4, -0.2) is 49.7 Å². The van der Waals surface area contributed by atoms with Crippen LogP contribution in [0.2, 0.25) is 20.1 Å². The van der Waals surface area contributed by atoms with Gasteiger partial charge in [0.2, 0.25) is 0 Å². The molecule has 15 heteroatoms. The van der Waals surface area contributed by atoms with Gasteiger partial charge in [0.05, 0.1) is 32.6 Å². The Hall–Kier alpha value is -3.02. The van der Waals surface area contributed by atoms with Gasteiger partial charge >= 0.3 is 0 Å². The minimum Gasteiger partial charge on any atom is -0.508 e. The second-order valence-corrected chi connectivity index (χ2v) is 17.7. The molecule has 0 spiro atoms. The number of oxazole rings is 1. The summed E-state index contributed by atoms with van der Waals surface area (Å²) in [4.78, 5) is 3.74. The summed E-state index contributed by atoms with van der Waals surface area (Å²) >= 11 is 36.8. The third-order valence-corrected chi connectivity index (χ3v) is 11.4. The van der Waals surface area contributed by atoms with E-state index in [4.69, 9.17) is 88.2 Å². The first kappa shape index (κ1) is 50.1. The monoisotopic (exact) mass is 921 g/mol. The van der Waals surface area contributed by atoms with Crippen molar-refractivity contribution >= 4 is 79.4 Å². The van der Waals surface area contributed by atoms with Gasteiger partial charge in [-0.3, -0.25) is 0 Å². The number of hydrogen-bond donors (Lipinski definition) is 1. The van der Waals surface area contributed by atoms with E-state index >= 15 is 0 Å². The molecule has 312 valence electrons. The van der Waals surface area contributed by atoms with Gasteiger partial charge in [0.15, 0.2) is 38.5 Å². The number of sulfone groups is 1. The molecule has 0 aliphatic rings. The molecule has 0 unspecified atom stereocenters. The van der Waals surface area contributed by atoms with Crippen molar-refractivity contribution in [2.75, 3.05) is 31.2 Å². The molecule has 0 bridgehead atoms. The fraction of sp³-hybridized carbons (Fsp3) is 0.357. The minimum absolute atomic E-state index is 0. The van der Waals surface area contributed by atoms with Crippen LogP contribution in [0, 0.1) is 0 Å². The first-order valence-electron chi connectivity index (χ1n) is 16.9. The molecular weight excluding hydrogens is 875 g/mol. The highest BCUT2D eigenvalue weighted by molar-refractivity contribution is 7.90. The second-order valence-electron chi connectivity index (χ2n) is 13.4. The number of rotatable bonds is 15. The lowest BCUT2D eigenvalue weighted by Gasteiger charge is -2.27. The van der Waals surface area contributed by atoms with Crippen molar-refractivity contribution in [1.29, 1.82) is 0 Å². The fourth-order valence-electron chi connectivity index (χ4n) is 5.47. The summed E-state index contributed by atoms with van der Waals surface area (Å²) in [6.45, 7) is 8.99. The van der Waals surface area contributed by atoms with E-state index < -0.39 is 15.3 Å². The highest BCUT2D eigenvalue weighted by atomic mass is 35.5. The van der Waals surface area contributed by atoms with Crippen molar-refractivity contribution in [3.8, 4) is 23.0 Å². The van der Waals surface area contributed by atoms with E-state index in [0.717, 1.165) is 41.3 Å². The molecule has 0 radical (unpaired) electrons. The summed E-state index contributed by atoms with van der Waals surface area (Å²) in [5, 5.41) is 11.1. The average molecular weight is 925 g/mol. The van der Waals surface area contributed by atoms with Crippen LogP contribution in [0.5, 0.6) is 23.0 Å². The van der Waals surface area contributed by atoms with Crippen LogP contribution >= 0.6 is 69.6 Å². The van der Waals surface area contributed by atoms with E-state index in [1.165, 1.54) is 0 Å². The van der Waals surface area contributed by atoms with Gasteiger partial charge in [0.25, 0.3) is 0 Å². The number of aromatic hydroxyl groups is 1. The van der Waals surface area contributed by atoms with Gasteiger partial charge in [-0.15, -0.1) is 23.2 Å². The van der Waals surface area contributed by atoms with Crippen molar-refractivity contribution in [2.24, 2.45) is 0 Å². The summed E-state index contributed by atoms with van der Waals surface area (Å²) in [6, 6.07) is 22.0. The second kappa shape index (κ2) is 21.8. The maximum Gasteiger partial charge on any atom is 0.200 e. The molecule has 0 saturated carbocycles. The Labute approximate surface area is 367 Å². The molecule has 0 saturated heterocycles. The number of aromatic nitrogens is 1. The molecule has 0 aliphatic carbocycles. The third kappa shape index (κ3) is 13.0. The van der Waals surface area contributed by atoms with Gasteiger partial charge in [-0.25, -0.2) is 13.4 Å². The summed E-state index contributed by atoms with van der Waals surface area (Å²) in [5.41, 5.74) is 3.23. The molecule has 4 aromatic carbocycles. The Bertz CT molecular complexity index is 2110. The summed E-state index contributed by atoms with van der Waals surface area (Å²) in [7, 11) is -3.49. The quantitative estimate of drug-likeness (QED) is 0.0817. The van der Waals surface area contributed by atoms with Crippen molar-refractivity contribution in [3.05, 3.63) is 127 Å². The van der Waals surface area contributed by atoms with E-state index in [1.54, 1.807) is 24.3 Å². The predicted molar refractivity (Wildman–Crippen MR) is 236 cm³/mol. The molecule has 0 fully saturated rings. The maximum absolute atomic E-state index is 11.7. The minimum atomic E-state index is -3.49. The van der Waals surface area contributed by atoms with E-state index in [2.05, 4.69) is 32.7 Å². The molecule has 1 aromatic heterocycles. The van der Waals surface area contributed by atoms with Crippen LogP contribution in [-0.2, 0) is 27.3 Å². The van der Waals surface area contributed by atoms with Crippen LogP contribution in [0.4, 0.5) is 0 Å². The zero-order chi connectivity index (χ0) is 40.6.